The normalized spacial score (nSPS) is 27.1. The molecule has 2 aliphatic carbocycles. The lowest BCUT2D eigenvalue weighted by molar-refractivity contribution is -0.149. The molecule has 1 aliphatic heterocycles. The second kappa shape index (κ2) is 7.85. The third-order valence-electron chi connectivity index (χ3n) is 6.28. The van der Waals surface area contributed by atoms with Gasteiger partial charge in [-0.3, -0.25) is 24.1 Å². The molecule has 4 atom stereocenters. The summed E-state index contributed by atoms with van der Waals surface area (Å²) in [7, 11) is 1.52. The molecule has 8 nitrogen and oxygen atoms in total. The number of imide groups is 1. The Hall–Kier alpha value is -2.90. The highest BCUT2D eigenvalue weighted by atomic mass is 16.5. The predicted octanol–water partition coefficient (Wildman–Crippen LogP) is 1.60. The van der Waals surface area contributed by atoms with Gasteiger partial charge in [-0.15, -0.1) is 0 Å². The third-order valence-corrected chi connectivity index (χ3v) is 6.28. The number of nitrogens with one attached hydrogen (secondary N) is 1. The summed E-state index contributed by atoms with van der Waals surface area (Å²) in [6.07, 6.45) is 2.90. The van der Waals surface area contributed by atoms with Crippen LogP contribution in [0.1, 0.15) is 25.7 Å². The first kappa shape index (κ1) is 19.4. The molecule has 3 aliphatic rings. The molecule has 0 spiro atoms. The van der Waals surface area contributed by atoms with Crippen LogP contribution in [0.25, 0.3) is 0 Å². The minimum absolute atomic E-state index is 0.0143. The maximum Gasteiger partial charge on any atom is 0.308 e. The molecule has 8 heteroatoms. The van der Waals surface area contributed by atoms with Crippen LogP contribution in [-0.2, 0) is 23.9 Å². The number of likely N-dealkylation sites (tertiary alicyclic amines) is 1. The van der Waals surface area contributed by atoms with Crippen LogP contribution in [0.2, 0.25) is 0 Å². The molecule has 1 N–H and O–H groups in total. The highest BCUT2D eigenvalue weighted by Gasteiger charge is 2.60. The van der Waals surface area contributed by atoms with Crippen LogP contribution in [0, 0.1) is 23.7 Å². The number of amides is 3. The van der Waals surface area contributed by atoms with E-state index < -0.39 is 18.5 Å². The van der Waals surface area contributed by atoms with Gasteiger partial charge in [-0.25, -0.2) is 0 Å². The Morgan fingerprint density at radius 3 is 2.48 bits per heavy atom. The topological polar surface area (TPSA) is 102 Å². The van der Waals surface area contributed by atoms with Gasteiger partial charge in [0.15, 0.2) is 6.61 Å². The van der Waals surface area contributed by atoms with Crippen molar-refractivity contribution in [2.45, 2.75) is 25.7 Å². The van der Waals surface area contributed by atoms with E-state index in [1.807, 2.05) is 0 Å². The van der Waals surface area contributed by atoms with Crippen molar-refractivity contribution in [2.24, 2.45) is 23.7 Å². The Morgan fingerprint density at radius 1 is 1.14 bits per heavy atom. The van der Waals surface area contributed by atoms with Gasteiger partial charge in [-0.2, -0.15) is 0 Å². The van der Waals surface area contributed by atoms with Crippen LogP contribution in [0.15, 0.2) is 24.3 Å². The van der Waals surface area contributed by atoms with Gasteiger partial charge >= 0.3 is 5.97 Å². The molecule has 1 aromatic rings. The number of fused-ring (bicyclic) bond motifs is 5. The van der Waals surface area contributed by atoms with E-state index in [1.54, 1.807) is 24.3 Å². The smallest absolute Gasteiger partial charge is 0.308 e. The van der Waals surface area contributed by atoms with Crippen molar-refractivity contribution in [3.05, 3.63) is 24.3 Å². The molecular formula is C21H24N2O6. The molecule has 1 aromatic carbocycles. The van der Waals surface area contributed by atoms with Gasteiger partial charge in [-0.05, 0) is 43.2 Å². The van der Waals surface area contributed by atoms with Crippen molar-refractivity contribution < 1.29 is 28.7 Å². The van der Waals surface area contributed by atoms with E-state index in [-0.39, 0.29) is 36.6 Å². The molecule has 0 unspecified atom stereocenters. The molecular weight excluding hydrogens is 376 g/mol. The molecule has 4 rings (SSSR count). The first-order valence-electron chi connectivity index (χ1n) is 9.92. The lowest BCUT2D eigenvalue weighted by atomic mass is 9.81. The lowest BCUT2D eigenvalue weighted by Crippen LogP contribution is -2.35. The van der Waals surface area contributed by atoms with Gasteiger partial charge in [0, 0.05) is 18.3 Å². The number of hydrogen-bond donors (Lipinski definition) is 1. The summed E-state index contributed by atoms with van der Waals surface area (Å²) in [4.78, 5) is 50.4. The van der Waals surface area contributed by atoms with E-state index in [1.165, 1.54) is 12.0 Å². The molecule has 2 saturated carbocycles. The zero-order valence-corrected chi connectivity index (χ0v) is 16.3. The van der Waals surface area contributed by atoms with Crippen molar-refractivity contribution in [1.29, 1.82) is 0 Å². The molecule has 29 heavy (non-hydrogen) atoms. The second-order valence-electron chi connectivity index (χ2n) is 7.90. The van der Waals surface area contributed by atoms with Crippen LogP contribution in [-0.4, -0.2) is 48.9 Å². The summed E-state index contributed by atoms with van der Waals surface area (Å²) in [5, 5.41) is 2.61. The number of carbonyl (C=O) groups excluding carboxylic acids is 4. The standard InChI is InChI=1S/C21H24N2O6/c1-28-15-4-2-3-14(10-15)22-16(24)11-29-17(25)7-8-23-20(26)18-12-5-6-13(9-12)19(18)21(23)27/h2-4,10,12-13,18-19H,5-9,11H2,1H3,(H,22,24)/t12-,13-,18+,19+/m0/s1. The molecule has 3 fully saturated rings. The Morgan fingerprint density at radius 2 is 1.83 bits per heavy atom. The van der Waals surface area contributed by atoms with Gasteiger partial charge in [0.25, 0.3) is 5.91 Å². The van der Waals surface area contributed by atoms with Crippen LogP contribution >= 0.6 is 0 Å². The van der Waals surface area contributed by atoms with E-state index >= 15 is 0 Å². The number of rotatable bonds is 7. The average molecular weight is 400 g/mol. The van der Waals surface area contributed by atoms with Crippen LogP contribution in [0.3, 0.4) is 0 Å². The molecule has 3 amide bonds. The molecule has 1 heterocycles. The Bertz CT molecular complexity index is 825. The van der Waals surface area contributed by atoms with Crippen LogP contribution in [0.5, 0.6) is 5.75 Å². The molecule has 1 saturated heterocycles. The predicted molar refractivity (Wildman–Crippen MR) is 102 cm³/mol. The number of esters is 1. The fourth-order valence-electron chi connectivity index (χ4n) is 5.01. The SMILES string of the molecule is COc1cccc(NC(=O)COC(=O)CCN2C(=O)[C@@H]3[C@H]4CC[C@@H](C4)[C@H]3C2=O)c1. The maximum atomic E-state index is 12.6. The number of carbonyl (C=O) groups is 4. The van der Waals surface area contributed by atoms with Crippen molar-refractivity contribution >= 4 is 29.4 Å². The Labute approximate surface area is 168 Å². The van der Waals surface area contributed by atoms with E-state index in [9.17, 15) is 19.2 Å². The largest absolute Gasteiger partial charge is 0.497 e. The van der Waals surface area contributed by atoms with Gasteiger partial charge in [0.05, 0.1) is 25.4 Å². The van der Waals surface area contributed by atoms with Crippen molar-refractivity contribution in [2.75, 3.05) is 25.6 Å². The Kier molecular flexibility index (Phi) is 5.25. The maximum absolute atomic E-state index is 12.6. The summed E-state index contributed by atoms with van der Waals surface area (Å²) in [5.41, 5.74) is 0.528. The molecule has 2 bridgehead atoms. The number of nitrogens with zero attached hydrogens (tertiary/aromatic N) is 1. The summed E-state index contributed by atoms with van der Waals surface area (Å²) >= 11 is 0. The summed E-state index contributed by atoms with van der Waals surface area (Å²) < 4.78 is 10.1. The molecule has 0 radical (unpaired) electrons. The first-order valence-corrected chi connectivity index (χ1v) is 9.92. The summed E-state index contributed by atoms with van der Waals surface area (Å²) in [6, 6.07) is 6.81. The number of hydrogen-bond acceptors (Lipinski definition) is 6. The molecule has 0 aromatic heterocycles. The lowest BCUT2D eigenvalue weighted by Gasteiger charge is -2.19. The monoisotopic (exact) mass is 400 g/mol. The van der Waals surface area contributed by atoms with Crippen molar-refractivity contribution in [3.63, 3.8) is 0 Å². The number of methoxy groups -OCH3 is 1. The Balaban J connectivity index is 1.23. The number of anilines is 1. The summed E-state index contributed by atoms with van der Waals surface area (Å²) in [6.45, 7) is -0.423. The van der Waals surface area contributed by atoms with E-state index in [0.717, 1.165) is 19.3 Å². The minimum Gasteiger partial charge on any atom is -0.497 e. The number of ether oxygens (including phenoxy) is 2. The minimum atomic E-state index is -0.619. The van der Waals surface area contributed by atoms with E-state index in [2.05, 4.69) is 5.32 Å². The summed E-state index contributed by atoms with van der Waals surface area (Å²) in [5.74, 6) is -0.531. The highest BCUT2D eigenvalue weighted by molar-refractivity contribution is 6.06. The van der Waals surface area contributed by atoms with Gasteiger partial charge in [0.1, 0.15) is 5.75 Å². The van der Waals surface area contributed by atoms with Crippen molar-refractivity contribution in [1.82, 2.24) is 4.90 Å². The van der Waals surface area contributed by atoms with E-state index in [4.69, 9.17) is 9.47 Å². The average Bonchev–Trinajstić information content (AvgIpc) is 3.39. The van der Waals surface area contributed by atoms with Gasteiger partial charge in [-0.1, -0.05) is 6.07 Å². The zero-order valence-electron chi connectivity index (χ0n) is 16.3. The quantitative estimate of drug-likeness (QED) is 0.551. The fourth-order valence-corrected chi connectivity index (χ4v) is 5.01. The van der Waals surface area contributed by atoms with Crippen LogP contribution < -0.4 is 10.1 Å². The second-order valence-corrected chi connectivity index (χ2v) is 7.90. The third kappa shape index (κ3) is 3.71. The zero-order chi connectivity index (χ0) is 20.5. The number of benzene rings is 1. The van der Waals surface area contributed by atoms with Gasteiger partial charge in [0.2, 0.25) is 11.8 Å². The van der Waals surface area contributed by atoms with Crippen molar-refractivity contribution in [3.8, 4) is 5.75 Å². The van der Waals surface area contributed by atoms with Crippen LogP contribution in [0.4, 0.5) is 5.69 Å². The highest BCUT2D eigenvalue weighted by Crippen LogP contribution is 2.56. The first-order chi connectivity index (χ1) is 14.0. The fraction of sp³-hybridized carbons (Fsp3) is 0.524. The van der Waals surface area contributed by atoms with E-state index in [0.29, 0.717) is 23.3 Å². The van der Waals surface area contributed by atoms with Gasteiger partial charge < -0.3 is 14.8 Å². The molecule has 154 valence electrons.